The van der Waals surface area contributed by atoms with Gasteiger partial charge in [-0.1, -0.05) is 9.84 Å². The van der Waals surface area contributed by atoms with Crippen molar-refractivity contribution in [2.75, 3.05) is 11.5 Å². The molecule has 1 fully saturated rings. The lowest BCUT2D eigenvalue weighted by Gasteiger charge is -2.49. The minimum absolute atomic E-state index is 0.0705. The second-order valence-corrected chi connectivity index (χ2v) is 9.07. The number of oxime groups is 1. The summed E-state index contributed by atoms with van der Waals surface area (Å²) in [5.41, 5.74) is 6.11. The van der Waals surface area contributed by atoms with Gasteiger partial charge in [-0.3, -0.25) is 14.5 Å². The Morgan fingerprint density at radius 3 is 2.94 bits per heavy atom. The topological polar surface area (TPSA) is 205 Å². The maximum Gasteiger partial charge on any atom is 0.352 e. The van der Waals surface area contributed by atoms with Crippen molar-refractivity contribution in [2.45, 2.75) is 18.0 Å². The third-order valence-corrected chi connectivity index (χ3v) is 7.03. The highest BCUT2D eigenvalue weighted by molar-refractivity contribution is 8.00. The molecular weight excluding hydrogens is 488 g/mol. The number of hydrogen-bond acceptors (Lipinski definition) is 12. The van der Waals surface area contributed by atoms with Crippen LogP contribution in [0.2, 0.25) is 0 Å². The van der Waals surface area contributed by atoms with E-state index < -0.39 is 34.9 Å². The van der Waals surface area contributed by atoms with Crippen LogP contribution in [0.4, 0.5) is 5.13 Å². The second kappa shape index (κ2) is 8.34. The highest BCUT2D eigenvalue weighted by Crippen LogP contribution is 2.40. The van der Waals surface area contributed by atoms with Crippen molar-refractivity contribution in [1.29, 1.82) is 0 Å². The summed E-state index contributed by atoms with van der Waals surface area (Å²) >= 11 is 2.11. The predicted octanol–water partition coefficient (Wildman–Crippen LogP) is -1.93. The van der Waals surface area contributed by atoms with E-state index in [1.165, 1.54) is 18.1 Å². The smallest absolute Gasteiger partial charge is 0.352 e. The van der Waals surface area contributed by atoms with Gasteiger partial charge in [0.25, 0.3) is 11.8 Å². The van der Waals surface area contributed by atoms with Crippen LogP contribution in [0.25, 0.3) is 5.52 Å². The van der Waals surface area contributed by atoms with E-state index in [0.717, 1.165) is 21.9 Å². The molecule has 3 aromatic rings. The van der Waals surface area contributed by atoms with Crippen molar-refractivity contribution in [3.05, 3.63) is 41.9 Å². The van der Waals surface area contributed by atoms with E-state index in [-0.39, 0.29) is 23.2 Å². The molecule has 2 amide bonds. The summed E-state index contributed by atoms with van der Waals surface area (Å²) in [6.45, 7) is 0.155. The molecule has 1 saturated heterocycles. The molecule has 3 aromatic heterocycles. The minimum Gasteiger partial charge on any atom is -0.477 e. The molecule has 0 aliphatic carbocycles. The maximum atomic E-state index is 12.9. The molecule has 34 heavy (non-hydrogen) atoms. The Hall–Kier alpha value is -4.12. The number of nitrogens with two attached hydrogens (primary N) is 1. The summed E-state index contributed by atoms with van der Waals surface area (Å²) in [6, 6.07) is 0.761. The fourth-order valence-electron chi connectivity index (χ4n) is 3.64. The van der Waals surface area contributed by atoms with Crippen LogP contribution in [-0.4, -0.2) is 79.9 Å². The van der Waals surface area contributed by atoms with Gasteiger partial charge in [0, 0.05) is 28.0 Å². The first-order chi connectivity index (χ1) is 16.4. The van der Waals surface area contributed by atoms with Gasteiger partial charge in [-0.2, -0.15) is 14.5 Å². The molecule has 2 atom stereocenters. The number of carboxylic acids is 1. The van der Waals surface area contributed by atoms with Gasteiger partial charge in [0.05, 0.1) is 6.20 Å². The van der Waals surface area contributed by atoms with E-state index >= 15 is 0 Å². The number of anilines is 1. The number of thioether (sulfide) groups is 1. The van der Waals surface area contributed by atoms with E-state index in [0.29, 0.717) is 11.3 Å². The second-order valence-electron chi connectivity index (χ2n) is 7.18. The molecule has 2 unspecified atom stereocenters. The molecule has 0 aromatic carbocycles. The highest BCUT2D eigenvalue weighted by Gasteiger charge is 2.55. The van der Waals surface area contributed by atoms with Crippen molar-refractivity contribution in [3.63, 3.8) is 0 Å². The normalized spacial score (nSPS) is 20.3. The lowest BCUT2D eigenvalue weighted by molar-refractivity contribution is -0.746. The SMILES string of the molecule is Nc1nc(/C(=N/O)C(=O)NC2C(=O)N3C(C(=O)O)=C(C[n+]4cc5ccnn5cn4)CSC23)ns1. The van der Waals surface area contributed by atoms with Gasteiger partial charge >= 0.3 is 5.97 Å². The summed E-state index contributed by atoms with van der Waals surface area (Å²) < 4.78 is 6.95. The third-order valence-electron chi connectivity index (χ3n) is 5.15. The lowest BCUT2D eigenvalue weighted by atomic mass is 10.0. The summed E-state index contributed by atoms with van der Waals surface area (Å²) in [4.78, 5) is 42.4. The molecule has 174 valence electrons. The number of β-lactam (4-membered cyclic amide) rings is 1. The highest BCUT2D eigenvalue weighted by atomic mass is 32.2. The molecule has 5 N–H and O–H groups in total. The van der Waals surface area contributed by atoms with E-state index in [1.54, 1.807) is 27.7 Å². The summed E-state index contributed by atoms with van der Waals surface area (Å²) in [7, 11) is 0. The van der Waals surface area contributed by atoms with Crippen LogP contribution in [0, 0.1) is 0 Å². The average molecular weight is 504 g/mol. The van der Waals surface area contributed by atoms with Crippen molar-refractivity contribution >= 4 is 57.4 Å². The molecule has 0 spiro atoms. The number of amides is 2. The van der Waals surface area contributed by atoms with Crippen LogP contribution in [0.15, 0.2) is 41.2 Å². The Morgan fingerprint density at radius 1 is 1.41 bits per heavy atom. The van der Waals surface area contributed by atoms with Gasteiger partial charge in [-0.15, -0.1) is 11.8 Å². The number of carbonyl (C=O) groups is 3. The van der Waals surface area contributed by atoms with E-state index in [4.69, 9.17) is 5.73 Å². The Labute approximate surface area is 197 Å². The standard InChI is InChI=1S/C17H14N10O5S2/c18-17-22-12(24-34-17)9(23-32)13(28)21-10-14(29)27-11(16(30)31)7(5-33-15(10)27)3-25-4-8-1-2-19-26(8)6-20-25/h1-2,4,6,10,15H,3,5H2,(H4-,18,21,22,24,28,30,31,32)/p+1. The number of nitrogens with one attached hydrogen (secondary N) is 1. The Morgan fingerprint density at radius 2 is 2.24 bits per heavy atom. The number of nitrogen functional groups attached to an aromatic ring is 1. The maximum absolute atomic E-state index is 12.9. The molecule has 17 heteroatoms. The predicted molar refractivity (Wildman–Crippen MR) is 116 cm³/mol. The number of carboxylic acid groups (broad SMARTS) is 1. The lowest BCUT2D eigenvalue weighted by Crippen LogP contribution is -2.71. The van der Waals surface area contributed by atoms with Gasteiger partial charge < -0.3 is 21.4 Å². The Balaban J connectivity index is 1.35. The number of fused-ring (bicyclic) bond motifs is 2. The van der Waals surface area contributed by atoms with Crippen LogP contribution >= 0.6 is 23.3 Å². The monoisotopic (exact) mass is 503 g/mol. The van der Waals surface area contributed by atoms with Gasteiger partial charge in [0.1, 0.15) is 22.6 Å². The van der Waals surface area contributed by atoms with Crippen LogP contribution in [-0.2, 0) is 20.9 Å². The largest absolute Gasteiger partial charge is 0.477 e. The Bertz CT molecular complexity index is 1400. The van der Waals surface area contributed by atoms with Crippen molar-refractivity contribution in [1.82, 2.24) is 34.3 Å². The van der Waals surface area contributed by atoms with Crippen LogP contribution in [0.5, 0.6) is 0 Å². The van der Waals surface area contributed by atoms with Crippen LogP contribution in [0.3, 0.4) is 0 Å². The van der Waals surface area contributed by atoms with Gasteiger partial charge in [0.15, 0.2) is 18.0 Å². The summed E-state index contributed by atoms with van der Waals surface area (Å²) in [6.07, 6.45) is 4.83. The first-order valence-corrected chi connectivity index (χ1v) is 11.4. The fourth-order valence-corrected chi connectivity index (χ4v) is 5.41. The average Bonchev–Trinajstić information content (AvgIpc) is 3.46. The quantitative estimate of drug-likeness (QED) is 0.0958. The third kappa shape index (κ3) is 3.59. The molecule has 15 nitrogen and oxygen atoms in total. The van der Waals surface area contributed by atoms with E-state index in [9.17, 15) is 24.7 Å². The first-order valence-electron chi connectivity index (χ1n) is 9.59. The van der Waals surface area contributed by atoms with Crippen molar-refractivity contribution in [2.24, 2.45) is 5.16 Å². The zero-order valence-electron chi connectivity index (χ0n) is 17.0. The first kappa shape index (κ1) is 21.7. The number of carbonyl (C=O) groups excluding carboxylic acids is 2. The van der Waals surface area contributed by atoms with E-state index in [1.807, 2.05) is 0 Å². The van der Waals surface area contributed by atoms with Crippen LogP contribution < -0.4 is 15.7 Å². The molecule has 2 aliphatic rings. The number of aliphatic carboxylic acids is 1. The molecule has 0 saturated carbocycles. The summed E-state index contributed by atoms with van der Waals surface area (Å²) in [5, 5.41) is 32.1. The molecule has 2 aliphatic heterocycles. The van der Waals surface area contributed by atoms with Crippen molar-refractivity contribution in [3.8, 4) is 0 Å². The summed E-state index contributed by atoms with van der Waals surface area (Å²) in [5.74, 6) is -2.64. The zero-order chi connectivity index (χ0) is 24.0. The molecule has 0 radical (unpaired) electrons. The molecule has 0 bridgehead atoms. The van der Waals surface area contributed by atoms with Gasteiger partial charge in [-0.05, 0) is 6.07 Å². The van der Waals surface area contributed by atoms with Gasteiger partial charge in [-0.25, -0.2) is 9.31 Å². The Kier molecular flexibility index (Phi) is 5.33. The number of rotatable bonds is 6. The number of nitrogens with zero attached hydrogens (tertiary/aromatic N) is 8. The van der Waals surface area contributed by atoms with Crippen LogP contribution in [0.1, 0.15) is 5.82 Å². The molecular formula is C17H15N10O5S2+. The zero-order valence-corrected chi connectivity index (χ0v) is 18.6. The molecule has 5 rings (SSSR count). The fraction of sp³-hybridized carbons (Fsp3) is 0.235. The molecule has 5 heterocycles. The van der Waals surface area contributed by atoms with E-state index in [2.05, 4.69) is 30.0 Å². The minimum atomic E-state index is -1.26. The number of hydrogen-bond donors (Lipinski definition) is 4. The number of aromatic nitrogens is 6. The van der Waals surface area contributed by atoms with Crippen molar-refractivity contribution < 1.29 is 29.4 Å². The van der Waals surface area contributed by atoms with Gasteiger partial charge in [0.2, 0.25) is 17.7 Å².